The van der Waals surface area contributed by atoms with Crippen molar-refractivity contribution in [2.75, 3.05) is 7.11 Å². The maximum atomic E-state index is 13.0. The number of carbonyl (C=O) groups excluding carboxylic acids is 1. The minimum atomic E-state index is -2.06. The maximum absolute atomic E-state index is 13.0. The molecule has 0 atom stereocenters. The Hall–Kier alpha value is -1.92. The van der Waals surface area contributed by atoms with Gasteiger partial charge in [-0.05, 0) is 0 Å². The molecule has 7 heteroatoms. The normalized spacial score (nSPS) is 10.1. The molecule has 1 aromatic carbocycles. The summed E-state index contributed by atoms with van der Waals surface area (Å²) in [7, 11) is 0.847. The second kappa shape index (κ2) is 3.68. The van der Waals surface area contributed by atoms with Gasteiger partial charge in [0.05, 0.1) is 7.11 Å². The van der Waals surface area contributed by atoms with E-state index in [1.165, 1.54) is 0 Å². The second-order valence-corrected chi connectivity index (χ2v) is 2.51. The highest BCUT2D eigenvalue weighted by Gasteiger charge is 2.29. The van der Waals surface area contributed by atoms with Gasteiger partial charge in [0.15, 0.2) is 23.1 Å². The molecule has 4 nitrogen and oxygen atoms in total. The Morgan fingerprint density at radius 3 is 2.07 bits per heavy atom. The van der Waals surface area contributed by atoms with E-state index < -0.39 is 40.5 Å². The Balaban J connectivity index is 3.60. The van der Waals surface area contributed by atoms with Crippen LogP contribution < -0.4 is 0 Å². The molecule has 0 fully saturated rings. The first kappa shape index (κ1) is 11.2. The van der Waals surface area contributed by atoms with Crippen LogP contribution in [0.3, 0.4) is 0 Å². The first-order valence-corrected chi connectivity index (χ1v) is 3.58. The van der Waals surface area contributed by atoms with Crippen LogP contribution in [0.1, 0.15) is 10.4 Å². The first-order valence-electron chi connectivity index (χ1n) is 3.58. The molecule has 0 amide bonds. The van der Waals surface area contributed by atoms with Crippen LogP contribution in [0.25, 0.3) is 0 Å². The monoisotopic (exact) mass is 222 g/mol. The van der Waals surface area contributed by atoms with Crippen molar-refractivity contribution in [3.8, 4) is 11.5 Å². The fourth-order valence-electron chi connectivity index (χ4n) is 0.925. The molecule has 0 heterocycles. The van der Waals surface area contributed by atoms with E-state index in [1.807, 2.05) is 0 Å². The molecule has 0 saturated heterocycles. The number of phenolic OH excluding ortho intramolecular Hbond substituents is 2. The highest BCUT2D eigenvalue weighted by atomic mass is 19.2. The van der Waals surface area contributed by atoms with Gasteiger partial charge in [-0.15, -0.1) is 0 Å². The molecule has 1 aromatic rings. The predicted molar refractivity (Wildman–Crippen MR) is 41.0 cm³/mol. The third-order valence-electron chi connectivity index (χ3n) is 1.66. The zero-order chi connectivity index (χ0) is 11.7. The lowest BCUT2D eigenvalue weighted by Crippen LogP contribution is -2.08. The van der Waals surface area contributed by atoms with E-state index in [1.54, 1.807) is 0 Å². The number of ether oxygens (including phenoxy) is 1. The lowest BCUT2D eigenvalue weighted by atomic mass is 10.1. The summed E-state index contributed by atoms with van der Waals surface area (Å²) in [4.78, 5) is 10.8. The topological polar surface area (TPSA) is 66.8 Å². The van der Waals surface area contributed by atoms with Crippen molar-refractivity contribution in [2.24, 2.45) is 0 Å². The van der Waals surface area contributed by atoms with Crippen molar-refractivity contribution in [3.05, 3.63) is 23.0 Å². The summed E-state index contributed by atoms with van der Waals surface area (Å²) < 4.78 is 42.3. The molecule has 0 aliphatic heterocycles. The summed E-state index contributed by atoms with van der Waals surface area (Å²) in [5.41, 5.74) is -1.26. The van der Waals surface area contributed by atoms with Crippen molar-refractivity contribution >= 4 is 5.97 Å². The van der Waals surface area contributed by atoms with Crippen LogP contribution in [0, 0.1) is 17.5 Å². The molecular weight excluding hydrogens is 217 g/mol. The third kappa shape index (κ3) is 1.56. The van der Waals surface area contributed by atoms with Gasteiger partial charge in [0.25, 0.3) is 0 Å². The number of hydrogen-bond donors (Lipinski definition) is 2. The summed E-state index contributed by atoms with van der Waals surface area (Å²) in [6.45, 7) is 0. The molecule has 0 aromatic heterocycles. The van der Waals surface area contributed by atoms with Crippen LogP contribution in [0.15, 0.2) is 0 Å². The standard InChI is InChI=1S/C8H5F3O4/c1-15-8(14)2-3(9)4(10)5(11)7(13)6(2)12/h12-13H,1H3. The Morgan fingerprint density at radius 1 is 1.07 bits per heavy atom. The smallest absolute Gasteiger partial charge is 0.344 e. The van der Waals surface area contributed by atoms with Crippen LogP contribution in [-0.4, -0.2) is 23.3 Å². The molecule has 0 aliphatic rings. The largest absolute Gasteiger partial charge is 0.504 e. The number of phenols is 2. The van der Waals surface area contributed by atoms with Gasteiger partial charge in [0.2, 0.25) is 5.82 Å². The lowest BCUT2D eigenvalue weighted by molar-refractivity contribution is 0.0589. The molecule has 15 heavy (non-hydrogen) atoms. The van der Waals surface area contributed by atoms with Crippen molar-refractivity contribution in [1.82, 2.24) is 0 Å². The number of carbonyl (C=O) groups is 1. The summed E-state index contributed by atoms with van der Waals surface area (Å²) in [6, 6.07) is 0. The summed E-state index contributed by atoms with van der Waals surface area (Å²) in [6.07, 6.45) is 0. The molecule has 0 bridgehead atoms. The predicted octanol–water partition coefficient (Wildman–Crippen LogP) is 1.30. The second-order valence-electron chi connectivity index (χ2n) is 2.51. The highest BCUT2D eigenvalue weighted by molar-refractivity contribution is 5.93. The van der Waals surface area contributed by atoms with E-state index in [-0.39, 0.29) is 0 Å². The van der Waals surface area contributed by atoms with Gasteiger partial charge in [-0.25, -0.2) is 13.6 Å². The van der Waals surface area contributed by atoms with E-state index in [9.17, 15) is 18.0 Å². The minimum Gasteiger partial charge on any atom is -0.504 e. The van der Waals surface area contributed by atoms with Crippen LogP contribution in [0.4, 0.5) is 13.2 Å². The van der Waals surface area contributed by atoms with Crippen molar-refractivity contribution in [2.45, 2.75) is 0 Å². The van der Waals surface area contributed by atoms with Crippen molar-refractivity contribution < 1.29 is 32.9 Å². The fourth-order valence-corrected chi connectivity index (χ4v) is 0.925. The Morgan fingerprint density at radius 2 is 1.60 bits per heavy atom. The number of methoxy groups -OCH3 is 1. The van der Waals surface area contributed by atoms with Crippen LogP contribution in [0.5, 0.6) is 11.5 Å². The highest BCUT2D eigenvalue weighted by Crippen LogP contribution is 2.36. The van der Waals surface area contributed by atoms with Crippen LogP contribution in [0.2, 0.25) is 0 Å². The number of rotatable bonds is 1. The molecular formula is C8H5F3O4. The number of esters is 1. The molecule has 2 N–H and O–H groups in total. The third-order valence-corrected chi connectivity index (χ3v) is 1.66. The molecule has 0 radical (unpaired) electrons. The zero-order valence-electron chi connectivity index (χ0n) is 7.34. The maximum Gasteiger partial charge on any atom is 0.344 e. The van der Waals surface area contributed by atoms with E-state index in [2.05, 4.69) is 4.74 Å². The Kier molecular flexibility index (Phi) is 2.74. The van der Waals surface area contributed by atoms with Gasteiger partial charge < -0.3 is 14.9 Å². The average Bonchev–Trinajstić information content (AvgIpc) is 2.23. The summed E-state index contributed by atoms with van der Waals surface area (Å²) >= 11 is 0. The molecule has 82 valence electrons. The quantitative estimate of drug-likeness (QED) is 0.427. The molecule has 0 aliphatic carbocycles. The first-order chi connectivity index (χ1) is 6.91. The number of hydrogen-bond acceptors (Lipinski definition) is 4. The number of halogens is 3. The number of benzene rings is 1. The zero-order valence-corrected chi connectivity index (χ0v) is 7.34. The van der Waals surface area contributed by atoms with Gasteiger partial charge in [0, 0.05) is 0 Å². The fraction of sp³-hybridized carbons (Fsp3) is 0.125. The van der Waals surface area contributed by atoms with E-state index in [0.717, 1.165) is 7.11 Å². The molecule has 0 spiro atoms. The number of aromatic hydroxyl groups is 2. The molecule has 1 rings (SSSR count). The van der Waals surface area contributed by atoms with Gasteiger partial charge in [-0.3, -0.25) is 0 Å². The van der Waals surface area contributed by atoms with Crippen molar-refractivity contribution in [1.29, 1.82) is 0 Å². The lowest BCUT2D eigenvalue weighted by Gasteiger charge is -2.07. The van der Waals surface area contributed by atoms with E-state index >= 15 is 0 Å². The molecule has 0 unspecified atom stereocenters. The SMILES string of the molecule is COC(=O)c1c(O)c(O)c(F)c(F)c1F. The molecule has 0 saturated carbocycles. The van der Waals surface area contributed by atoms with Gasteiger partial charge in [-0.1, -0.05) is 0 Å². The van der Waals surface area contributed by atoms with Gasteiger partial charge in [-0.2, -0.15) is 4.39 Å². The summed E-state index contributed by atoms with van der Waals surface area (Å²) in [5.74, 6) is -10.3. The minimum absolute atomic E-state index is 0.847. The average molecular weight is 222 g/mol. The van der Waals surface area contributed by atoms with Crippen LogP contribution >= 0.6 is 0 Å². The van der Waals surface area contributed by atoms with E-state index in [0.29, 0.717) is 0 Å². The summed E-state index contributed by atoms with van der Waals surface area (Å²) in [5, 5.41) is 17.8. The Bertz CT molecular complexity index is 401. The van der Waals surface area contributed by atoms with Gasteiger partial charge >= 0.3 is 5.97 Å². The Labute approximate surface area is 81.5 Å². The van der Waals surface area contributed by atoms with Crippen molar-refractivity contribution in [3.63, 3.8) is 0 Å². The van der Waals surface area contributed by atoms with Gasteiger partial charge in [0.1, 0.15) is 5.56 Å². The van der Waals surface area contributed by atoms with Crippen LogP contribution in [-0.2, 0) is 4.74 Å². The van der Waals surface area contributed by atoms with E-state index in [4.69, 9.17) is 10.2 Å².